The van der Waals surface area contributed by atoms with Gasteiger partial charge in [-0.1, -0.05) is 42.5 Å². The van der Waals surface area contributed by atoms with Crippen molar-refractivity contribution < 1.29 is 13.2 Å². The van der Waals surface area contributed by atoms with Gasteiger partial charge in [-0.3, -0.25) is 4.79 Å². The monoisotopic (exact) mass is 396 g/mol. The van der Waals surface area contributed by atoms with Crippen molar-refractivity contribution in [3.05, 3.63) is 65.2 Å². The van der Waals surface area contributed by atoms with Gasteiger partial charge in [-0.05, 0) is 49.6 Å². The van der Waals surface area contributed by atoms with Crippen LogP contribution in [0.3, 0.4) is 0 Å². The zero-order chi connectivity index (χ0) is 20.0. The van der Waals surface area contributed by atoms with Gasteiger partial charge in [0, 0.05) is 24.2 Å². The molecule has 1 N–H and O–H groups in total. The van der Waals surface area contributed by atoms with Crippen molar-refractivity contribution in [2.45, 2.75) is 31.1 Å². The summed E-state index contributed by atoms with van der Waals surface area (Å²) >= 11 is 0. The van der Waals surface area contributed by atoms with E-state index in [4.69, 9.17) is 0 Å². The highest BCUT2D eigenvalue weighted by molar-refractivity contribution is 7.89. The van der Waals surface area contributed by atoms with E-state index in [1.54, 1.807) is 19.1 Å². The number of nitrogens with zero attached hydrogens (tertiary/aromatic N) is 1. The van der Waals surface area contributed by atoms with E-state index in [9.17, 15) is 13.2 Å². The number of piperidine rings is 1. The molecule has 1 heterocycles. The van der Waals surface area contributed by atoms with Crippen molar-refractivity contribution >= 4 is 15.9 Å². The smallest absolute Gasteiger partial charge is 0.252 e. The largest absolute Gasteiger partial charge is 0.341 e. The molecule has 28 heavy (non-hydrogen) atoms. The average Bonchev–Trinajstić information content (AvgIpc) is 2.72. The molecule has 1 fully saturated rings. The first kappa shape index (κ1) is 20.1. The molecule has 1 aliphatic rings. The van der Waals surface area contributed by atoms with Gasteiger partial charge in [-0.25, -0.2) is 8.42 Å². The summed E-state index contributed by atoms with van der Waals surface area (Å²) in [4.78, 5) is 12.6. The Bertz CT molecular complexity index is 999. The highest BCUT2D eigenvalue weighted by Crippen LogP contribution is 2.24. The Balaban J connectivity index is 1.72. The highest BCUT2D eigenvalue weighted by Gasteiger charge is 2.28. The minimum absolute atomic E-state index is 0.190. The lowest BCUT2D eigenvalue weighted by atomic mass is 10.1. The summed E-state index contributed by atoms with van der Waals surface area (Å²) in [5, 5.41) is 2.73. The van der Waals surface area contributed by atoms with Gasteiger partial charge in [0.15, 0.2) is 0 Å². The predicted octanol–water partition coefficient (Wildman–Crippen LogP) is 2.95. The van der Waals surface area contributed by atoms with Gasteiger partial charge in [0.05, 0.1) is 11.4 Å². The molecule has 0 bridgehead atoms. The molecule has 0 saturated carbocycles. The van der Waals surface area contributed by atoms with E-state index in [2.05, 4.69) is 17.2 Å². The minimum atomic E-state index is -3.58. The van der Waals surface area contributed by atoms with Crippen LogP contribution < -0.4 is 5.32 Å². The molecule has 0 unspecified atom stereocenters. The first-order valence-electron chi connectivity index (χ1n) is 9.41. The maximum Gasteiger partial charge on any atom is 0.252 e. The number of benzene rings is 2. The van der Waals surface area contributed by atoms with Gasteiger partial charge in [0.2, 0.25) is 10.0 Å². The number of hydrogen-bond acceptors (Lipinski definition) is 3. The minimum Gasteiger partial charge on any atom is -0.341 e. The van der Waals surface area contributed by atoms with Crippen molar-refractivity contribution in [1.29, 1.82) is 0 Å². The number of rotatable bonds is 4. The summed E-state index contributed by atoms with van der Waals surface area (Å²) in [5.41, 5.74) is 1.84. The first-order chi connectivity index (χ1) is 13.5. The van der Waals surface area contributed by atoms with Crippen molar-refractivity contribution in [3.8, 4) is 11.8 Å². The number of aryl methyl sites for hydroxylation is 1. The second kappa shape index (κ2) is 9.05. The number of hydrogen-bond donors (Lipinski definition) is 1. The van der Waals surface area contributed by atoms with E-state index < -0.39 is 10.0 Å². The molecule has 1 saturated heterocycles. The number of nitrogens with one attached hydrogen (secondary N) is 1. The average molecular weight is 397 g/mol. The van der Waals surface area contributed by atoms with Crippen LogP contribution in [0.25, 0.3) is 0 Å². The molecule has 2 aromatic carbocycles. The Hall–Kier alpha value is -2.62. The third-order valence-corrected chi connectivity index (χ3v) is 6.77. The summed E-state index contributed by atoms with van der Waals surface area (Å²) in [6.45, 7) is 3.01. The zero-order valence-electron chi connectivity index (χ0n) is 15.9. The molecule has 0 atom stereocenters. The van der Waals surface area contributed by atoms with Crippen molar-refractivity contribution in [1.82, 2.24) is 9.62 Å². The molecular formula is C22H24N2O3S. The van der Waals surface area contributed by atoms with Crippen LogP contribution in [-0.2, 0) is 10.0 Å². The van der Waals surface area contributed by atoms with Crippen LogP contribution in [0.1, 0.15) is 40.7 Å². The van der Waals surface area contributed by atoms with Crippen molar-refractivity contribution in [2.24, 2.45) is 0 Å². The molecule has 0 spiro atoms. The summed E-state index contributed by atoms with van der Waals surface area (Å²) < 4.78 is 27.5. The summed E-state index contributed by atoms with van der Waals surface area (Å²) in [7, 11) is -3.58. The maximum atomic E-state index is 13.0. The summed E-state index contributed by atoms with van der Waals surface area (Å²) in [6, 6.07) is 14.3. The molecule has 5 nitrogen and oxygen atoms in total. The van der Waals surface area contributed by atoms with Crippen LogP contribution in [0, 0.1) is 18.8 Å². The Morgan fingerprint density at radius 1 is 1.07 bits per heavy atom. The van der Waals surface area contributed by atoms with Gasteiger partial charge in [-0.15, -0.1) is 0 Å². The quantitative estimate of drug-likeness (QED) is 0.808. The first-order valence-corrected chi connectivity index (χ1v) is 10.9. The lowest BCUT2D eigenvalue weighted by Gasteiger charge is -2.26. The van der Waals surface area contributed by atoms with Gasteiger partial charge in [-0.2, -0.15) is 4.31 Å². The SMILES string of the molecule is Cc1ccc(C(=O)NCC#Cc2ccccc2)cc1S(=O)(=O)N1CCCCC1. The lowest BCUT2D eigenvalue weighted by Crippen LogP contribution is -2.36. The van der Waals surface area contributed by atoms with E-state index in [1.165, 1.54) is 10.4 Å². The normalized spacial score (nSPS) is 14.8. The summed E-state index contributed by atoms with van der Waals surface area (Å²) in [5.74, 6) is 5.54. The molecule has 6 heteroatoms. The van der Waals surface area contributed by atoms with Gasteiger partial charge in [0.25, 0.3) is 5.91 Å². The molecule has 1 aliphatic heterocycles. The highest BCUT2D eigenvalue weighted by atomic mass is 32.2. The van der Waals surface area contributed by atoms with E-state index in [1.807, 2.05) is 30.3 Å². The van der Waals surface area contributed by atoms with Gasteiger partial charge in [0.1, 0.15) is 0 Å². The Morgan fingerprint density at radius 2 is 1.79 bits per heavy atom. The fraction of sp³-hybridized carbons (Fsp3) is 0.318. The predicted molar refractivity (Wildman–Crippen MR) is 109 cm³/mol. The Morgan fingerprint density at radius 3 is 2.50 bits per heavy atom. The molecule has 0 radical (unpaired) electrons. The number of amides is 1. The van der Waals surface area contributed by atoms with Crippen LogP contribution in [0.5, 0.6) is 0 Å². The van der Waals surface area contributed by atoms with E-state index in [0.29, 0.717) is 24.2 Å². The molecule has 0 aromatic heterocycles. The van der Waals surface area contributed by atoms with E-state index >= 15 is 0 Å². The molecule has 0 aliphatic carbocycles. The maximum absolute atomic E-state index is 13.0. The van der Waals surface area contributed by atoms with Crippen LogP contribution in [-0.4, -0.2) is 38.3 Å². The molecule has 3 rings (SSSR count). The third-order valence-electron chi connectivity index (χ3n) is 4.73. The van der Waals surface area contributed by atoms with Crippen LogP contribution >= 0.6 is 0 Å². The van der Waals surface area contributed by atoms with Gasteiger partial charge >= 0.3 is 0 Å². The number of carbonyl (C=O) groups excluding carboxylic acids is 1. The second-order valence-corrected chi connectivity index (χ2v) is 8.70. The Kier molecular flexibility index (Phi) is 6.50. The topological polar surface area (TPSA) is 66.5 Å². The lowest BCUT2D eigenvalue weighted by molar-refractivity contribution is 0.0958. The third kappa shape index (κ3) is 4.80. The van der Waals surface area contributed by atoms with Crippen molar-refractivity contribution in [2.75, 3.05) is 19.6 Å². The Labute approximate surface area is 166 Å². The fourth-order valence-corrected chi connectivity index (χ4v) is 4.93. The summed E-state index contributed by atoms with van der Waals surface area (Å²) in [6.07, 6.45) is 2.80. The fourth-order valence-electron chi connectivity index (χ4n) is 3.16. The molecular weight excluding hydrogens is 372 g/mol. The van der Waals surface area contributed by atoms with Crippen LogP contribution in [0.2, 0.25) is 0 Å². The zero-order valence-corrected chi connectivity index (χ0v) is 16.8. The molecule has 146 valence electrons. The van der Waals surface area contributed by atoms with Crippen LogP contribution in [0.15, 0.2) is 53.4 Å². The number of carbonyl (C=O) groups is 1. The molecule has 1 amide bonds. The second-order valence-electron chi connectivity index (χ2n) is 6.80. The van der Waals surface area contributed by atoms with Crippen LogP contribution in [0.4, 0.5) is 0 Å². The number of sulfonamides is 1. The standard InChI is InChI=1S/C22H24N2O3S/c1-18-12-13-20(17-21(18)28(26,27)24-15-6-3-7-16-24)22(25)23-14-8-11-19-9-4-2-5-10-19/h2,4-5,9-10,12-13,17H,3,6-7,14-16H2,1H3,(H,23,25). The van der Waals surface area contributed by atoms with Crippen molar-refractivity contribution in [3.63, 3.8) is 0 Å². The van der Waals surface area contributed by atoms with E-state index in [-0.39, 0.29) is 17.3 Å². The molecule has 2 aromatic rings. The van der Waals surface area contributed by atoms with Gasteiger partial charge < -0.3 is 5.32 Å². The van der Waals surface area contributed by atoms with E-state index in [0.717, 1.165) is 24.8 Å².